The topological polar surface area (TPSA) is 94.1 Å². The Kier molecular flexibility index (Phi) is 8.94. The number of carbonyl (C=O) groups excluding carboxylic acids is 1. The average Bonchev–Trinajstić information content (AvgIpc) is 2.70. The van der Waals surface area contributed by atoms with Gasteiger partial charge >= 0.3 is 18.5 Å². The molecule has 33 heavy (non-hydrogen) atoms. The van der Waals surface area contributed by atoms with Crippen molar-refractivity contribution in [3.8, 4) is 11.5 Å². The highest BCUT2D eigenvalue weighted by Gasteiger charge is 2.49. The van der Waals surface area contributed by atoms with Crippen molar-refractivity contribution in [1.82, 2.24) is 4.90 Å². The van der Waals surface area contributed by atoms with E-state index in [2.05, 4.69) is 9.57 Å². The lowest BCUT2D eigenvalue weighted by molar-refractivity contribution is -1.06. The van der Waals surface area contributed by atoms with E-state index in [1.54, 1.807) is 11.9 Å². The van der Waals surface area contributed by atoms with Gasteiger partial charge in [-0.05, 0) is 37.2 Å². The monoisotopic (exact) mass is 489 g/mol. The predicted octanol–water partition coefficient (Wildman–Crippen LogP) is 2.21. The van der Waals surface area contributed by atoms with E-state index in [-0.39, 0.29) is 43.1 Å². The number of nitrogens with zero attached hydrogens (tertiary/aromatic N) is 1. The molecule has 0 bridgehead atoms. The summed E-state index contributed by atoms with van der Waals surface area (Å²) in [6.07, 6.45) is -11.8. The molecule has 0 radical (unpaired) electrons. The van der Waals surface area contributed by atoms with Crippen LogP contribution in [0.5, 0.6) is 11.5 Å². The molecule has 1 aliphatic rings. The van der Waals surface area contributed by atoms with Crippen molar-refractivity contribution in [2.45, 2.75) is 32.0 Å². The van der Waals surface area contributed by atoms with Crippen LogP contribution in [0.1, 0.15) is 18.1 Å². The number of hydrogen-bond donors (Lipinski definition) is 2. The van der Waals surface area contributed by atoms with Crippen molar-refractivity contribution in [1.29, 1.82) is 0 Å². The average molecular weight is 489 g/mol. The molecule has 0 aliphatic carbocycles. The van der Waals surface area contributed by atoms with Gasteiger partial charge in [-0.25, -0.2) is 4.79 Å². The second-order valence-electron chi connectivity index (χ2n) is 6.96. The number of fused-ring (bicyclic) bond motifs is 1. The number of quaternary nitrogens is 1. The minimum absolute atomic E-state index is 0.0497. The maximum absolute atomic E-state index is 13.6. The number of ether oxygens (including phenoxy) is 3. The summed E-state index contributed by atoms with van der Waals surface area (Å²) in [5, 5.41) is 8.43. The Labute approximate surface area is 184 Å². The number of likely N-dealkylation sites (N-methyl/N-ethyl adjacent to an activating group) is 1. The molecule has 0 fully saturated rings. The van der Waals surface area contributed by atoms with Gasteiger partial charge in [0.15, 0.2) is 0 Å². The number of esters is 1. The number of carbonyl (C=O) groups is 1. The van der Waals surface area contributed by atoms with Crippen LogP contribution in [0.3, 0.4) is 0 Å². The first-order chi connectivity index (χ1) is 15.4. The van der Waals surface area contributed by atoms with E-state index < -0.39 is 35.9 Å². The number of nitrogens with two attached hydrogens (primary N) is 1. The summed E-state index contributed by atoms with van der Waals surface area (Å²) in [4.78, 5) is 18.7. The minimum atomic E-state index is -5.01. The zero-order valence-electron chi connectivity index (χ0n) is 17.6. The smallest absolute Gasteiger partial charge is 0.475 e. The quantitative estimate of drug-likeness (QED) is 0.225. The van der Waals surface area contributed by atoms with Crippen molar-refractivity contribution >= 4 is 12.0 Å². The number of aryl methyl sites for hydroxylation is 1. The third-order valence-electron chi connectivity index (χ3n) is 4.52. The Balaban J connectivity index is 2.26. The van der Waals surface area contributed by atoms with E-state index in [1.165, 1.54) is 6.92 Å². The molecule has 1 atom stereocenters. The highest BCUT2D eigenvalue weighted by molar-refractivity contribution is 5.96. The molecule has 1 unspecified atom stereocenters. The summed E-state index contributed by atoms with van der Waals surface area (Å²) in [7, 11) is 1.63. The third kappa shape index (κ3) is 7.77. The Bertz CT molecular complexity index is 858. The van der Waals surface area contributed by atoms with Crippen molar-refractivity contribution in [2.24, 2.45) is 0 Å². The molecule has 3 N–H and O–H groups in total. The highest BCUT2D eigenvalue weighted by atomic mass is 19.4. The second kappa shape index (κ2) is 11.0. The summed E-state index contributed by atoms with van der Waals surface area (Å²) < 4.78 is 92.5. The van der Waals surface area contributed by atoms with Crippen molar-refractivity contribution in [3.63, 3.8) is 0 Å². The van der Waals surface area contributed by atoms with Crippen LogP contribution < -0.4 is 15.1 Å². The zero-order valence-corrected chi connectivity index (χ0v) is 17.6. The first-order valence-electron chi connectivity index (χ1n) is 9.66. The Morgan fingerprint density at radius 2 is 1.85 bits per heavy atom. The van der Waals surface area contributed by atoms with E-state index in [0.717, 1.165) is 18.2 Å². The van der Waals surface area contributed by atoms with Gasteiger partial charge in [-0.15, -0.1) is 13.2 Å². The summed E-state index contributed by atoms with van der Waals surface area (Å²) in [6, 6.07) is 1.78. The van der Waals surface area contributed by atoms with E-state index in [0.29, 0.717) is 12.2 Å². The van der Waals surface area contributed by atoms with Crippen LogP contribution in [-0.2, 0) is 20.8 Å². The lowest BCUT2D eigenvalue weighted by Gasteiger charge is -2.29. The molecule has 8 nitrogen and oxygen atoms in total. The van der Waals surface area contributed by atoms with Gasteiger partial charge in [0, 0.05) is 18.7 Å². The molecule has 0 saturated carbocycles. The second-order valence-corrected chi connectivity index (χ2v) is 6.96. The van der Waals surface area contributed by atoms with Crippen LogP contribution in [0.4, 0.5) is 26.3 Å². The number of benzene rings is 1. The van der Waals surface area contributed by atoms with Gasteiger partial charge in [-0.1, -0.05) is 12.6 Å². The molecular weight excluding hydrogens is 466 g/mol. The summed E-state index contributed by atoms with van der Waals surface area (Å²) >= 11 is 0. The molecule has 0 spiro atoms. The van der Waals surface area contributed by atoms with E-state index >= 15 is 0 Å². The van der Waals surface area contributed by atoms with Crippen molar-refractivity contribution in [2.75, 3.05) is 33.4 Å². The van der Waals surface area contributed by atoms with Gasteiger partial charge in [-0.3, -0.25) is 0 Å². The highest BCUT2D eigenvalue weighted by Crippen LogP contribution is 2.42. The van der Waals surface area contributed by atoms with Gasteiger partial charge in [0.05, 0.1) is 5.57 Å². The first-order valence-corrected chi connectivity index (χ1v) is 9.66. The number of alkyl halides is 6. The van der Waals surface area contributed by atoms with Crippen LogP contribution in [0.2, 0.25) is 0 Å². The lowest BCUT2D eigenvalue weighted by Crippen LogP contribution is -2.79. The molecule has 2 rings (SSSR count). The zero-order chi connectivity index (χ0) is 24.8. The molecule has 1 aromatic rings. The van der Waals surface area contributed by atoms with Crippen LogP contribution in [-0.4, -0.2) is 68.1 Å². The molecule has 186 valence electrons. The van der Waals surface area contributed by atoms with Crippen LogP contribution in [0, 0.1) is 0 Å². The van der Waals surface area contributed by atoms with Gasteiger partial charge in [0.25, 0.3) is 0 Å². The molecule has 1 heterocycles. The fourth-order valence-electron chi connectivity index (χ4n) is 2.97. The van der Waals surface area contributed by atoms with Gasteiger partial charge in [-0.2, -0.15) is 23.2 Å². The molecule has 0 saturated heterocycles. The molecule has 1 aromatic carbocycles. The fraction of sp³-hybridized carbons (Fsp3) is 0.526. The van der Waals surface area contributed by atoms with Gasteiger partial charge in [0.1, 0.15) is 24.7 Å². The number of hydrogen-bond acceptors (Lipinski definition) is 7. The predicted molar refractivity (Wildman–Crippen MR) is 99.1 cm³/mol. The van der Waals surface area contributed by atoms with Crippen LogP contribution in [0.15, 0.2) is 17.7 Å². The Hall–Kier alpha value is -2.55. The first kappa shape index (κ1) is 26.7. The largest absolute Gasteiger partial charge is 0.573 e. The Morgan fingerprint density at radius 1 is 1.18 bits per heavy atom. The van der Waals surface area contributed by atoms with Gasteiger partial charge in [0.2, 0.25) is 6.10 Å². The SMILES string of the molecule is CCc1cc(OC(F)(F)F)cc2c1OC(C(F)(F)F)C(C(=O)OCCN(C)CCO[NH2+]O)=C2. The van der Waals surface area contributed by atoms with Crippen molar-refractivity contribution in [3.05, 3.63) is 28.8 Å². The van der Waals surface area contributed by atoms with Gasteiger partial charge < -0.3 is 19.1 Å². The number of rotatable bonds is 10. The maximum atomic E-state index is 13.6. The molecular formula is C19H23F6N2O6+. The molecule has 14 heteroatoms. The lowest BCUT2D eigenvalue weighted by atomic mass is 9.97. The fourth-order valence-corrected chi connectivity index (χ4v) is 2.97. The molecule has 1 aliphatic heterocycles. The third-order valence-corrected chi connectivity index (χ3v) is 4.52. The summed E-state index contributed by atoms with van der Waals surface area (Å²) in [5.41, 5.74) is -0.514. The van der Waals surface area contributed by atoms with Crippen molar-refractivity contribution < 1.29 is 61.0 Å². The summed E-state index contributed by atoms with van der Waals surface area (Å²) in [6.45, 7) is 1.86. The van der Waals surface area contributed by atoms with E-state index in [9.17, 15) is 31.1 Å². The van der Waals surface area contributed by atoms with E-state index in [1.807, 2.05) is 0 Å². The van der Waals surface area contributed by atoms with Crippen LogP contribution in [0.25, 0.3) is 6.08 Å². The Morgan fingerprint density at radius 3 is 2.42 bits per heavy atom. The maximum Gasteiger partial charge on any atom is 0.573 e. The minimum Gasteiger partial charge on any atom is -0.475 e. The molecule has 0 aromatic heterocycles. The standard InChI is InChI=1S/C19H23F6N2O6/c1-3-11-8-13(33-19(23,24)25)9-12-10-14(16(18(20,21)22)32-15(11)12)17(28)30-6-4-27(2)5-7-31-26-29/h8-10,16,29H,3-7,26H2,1-2H3/q+1. The molecule has 0 amide bonds. The summed E-state index contributed by atoms with van der Waals surface area (Å²) in [5.74, 6) is -2.26. The van der Waals surface area contributed by atoms with E-state index in [4.69, 9.17) is 14.7 Å². The number of halogens is 6. The van der Waals surface area contributed by atoms with Crippen LogP contribution >= 0.6 is 0 Å². The normalized spacial score (nSPS) is 16.2.